The first-order chi connectivity index (χ1) is 13.1. The Balaban J connectivity index is 1.44. The lowest BCUT2D eigenvalue weighted by Crippen LogP contribution is -2.36. The number of rotatable bonds is 5. The number of halogens is 1. The molecule has 1 saturated heterocycles. The average molecular weight is 407 g/mol. The van der Waals surface area contributed by atoms with Crippen LogP contribution in [0.2, 0.25) is 0 Å². The van der Waals surface area contributed by atoms with Crippen molar-refractivity contribution in [2.75, 3.05) is 31.2 Å². The molecule has 1 aliphatic rings. The normalized spacial score (nSPS) is 15.9. The summed E-state index contributed by atoms with van der Waals surface area (Å²) in [5.41, 5.74) is 1.18. The Morgan fingerprint density at radius 1 is 1.26 bits per heavy atom. The van der Waals surface area contributed by atoms with Crippen molar-refractivity contribution in [3.8, 4) is 11.4 Å². The molecule has 10 heteroatoms. The molecule has 1 aromatic carbocycles. The highest BCUT2D eigenvalue weighted by molar-refractivity contribution is 8.01. The standard InChI is InChI=1S/C17H18FN5O2S2/c1-10-3-4-12(9-13(10)18)14-19-15(25-22-14)11(2)26-17-21-20-16(27-17)23-5-7-24-8-6-23/h3-4,9,11H,5-8H2,1-2H3. The summed E-state index contributed by atoms with van der Waals surface area (Å²) >= 11 is 3.05. The fourth-order valence-electron chi connectivity index (χ4n) is 2.58. The summed E-state index contributed by atoms with van der Waals surface area (Å²) in [5, 5.41) is 13.3. The molecular weight excluding hydrogens is 389 g/mol. The van der Waals surface area contributed by atoms with E-state index in [0.717, 1.165) is 22.6 Å². The Morgan fingerprint density at radius 3 is 2.85 bits per heavy atom. The van der Waals surface area contributed by atoms with Crippen molar-refractivity contribution < 1.29 is 13.7 Å². The molecule has 27 heavy (non-hydrogen) atoms. The second kappa shape index (κ2) is 7.91. The summed E-state index contributed by atoms with van der Waals surface area (Å²) < 4.78 is 25.3. The number of hydrogen-bond acceptors (Lipinski definition) is 9. The van der Waals surface area contributed by atoms with E-state index in [4.69, 9.17) is 9.26 Å². The van der Waals surface area contributed by atoms with Gasteiger partial charge < -0.3 is 14.2 Å². The molecule has 0 radical (unpaired) electrons. The molecule has 4 rings (SSSR count). The van der Waals surface area contributed by atoms with Crippen LogP contribution in [0.25, 0.3) is 11.4 Å². The third-order valence-electron chi connectivity index (χ3n) is 4.17. The van der Waals surface area contributed by atoms with Crippen LogP contribution in [0.4, 0.5) is 9.52 Å². The second-order valence-electron chi connectivity index (χ2n) is 6.13. The van der Waals surface area contributed by atoms with Crippen molar-refractivity contribution in [1.82, 2.24) is 20.3 Å². The Morgan fingerprint density at radius 2 is 2.07 bits per heavy atom. The first-order valence-corrected chi connectivity index (χ1v) is 10.2. The smallest absolute Gasteiger partial charge is 0.240 e. The lowest BCUT2D eigenvalue weighted by Gasteiger charge is -2.25. The third-order valence-corrected chi connectivity index (χ3v) is 6.33. The SMILES string of the molecule is Cc1ccc(-c2noc(C(C)Sc3nnc(N4CCOCC4)s3)n2)cc1F. The molecule has 0 N–H and O–H groups in total. The Bertz CT molecular complexity index is 926. The molecule has 0 amide bonds. The van der Waals surface area contributed by atoms with Crippen LogP contribution >= 0.6 is 23.1 Å². The monoisotopic (exact) mass is 407 g/mol. The molecule has 142 valence electrons. The number of nitrogens with zero attached hydrogens (tertiary/aromatic N) is 5. The van der Waals surface area contributed by atoms with Crippen molar-refractivity contribution in [1.29, 1.82) is 0 Å². The minimum atomic E-state index is -0.286. The molecule has 3 aromatic rings. The van der Waals surface area contributed by atoms with Gasteiger partial charge in [-0.1, -0.05) is 40.4 Å². The van der Waals surface area contributed by atoms with Gasteiger partial charge in [0.05, 0.1) is 18.5 Å². The zero-order chi connectivity index (χ0) is 18.8. The van der Waals surface area contributed by atoms with E-state index in [0.29, 0.717) is 36.1 Å². The molecule has 0 bridgehead atoms. The Labute approximate surface area is 163 Å². The predicted molar refractivity (Wildman–Crippen MR) is 102 cm³/mol. The van der Waals surface area contributed by atoms with Gasteiger partial charge in [-0.25, -0.2) is 4.39 Å². The van der Waals surface area contributed by atoms with Gasteiger partial charge in [-0.15, -0.1) is 10.2 Å². The van der Waals surface area contributed by atoms with E-state index in [9.17, 15) is 4.39 Å². The highest BCUT2D eigenvalue weighted by atomic mass is 32.2. The van der Waals surface area contributed by atoms with Crippen LogP contribution in [0, 0.1) is 12.7 Å². The van der Waals surface area contributed by atoms with Crippen LogP contribution < -0.4 is 4.90 Å². The van der Waals surface area contributed by atoms with Crippen molar-refractivity contribution in [3.05, 3.63) is 35.5 Å². The number of aromatic nitrogens is 4. The van der Waals surface area contributed by atoms with Gasteiger partial charge in [-0.05, 0) is 25.5 Å². The largest absolute Gasteiger partial charge is 0.378 e. The lowest BCUT2D eigenvalue weighted by molar-refractivity contribution is 0.122. The van der Waals surface area contributed by atoms with E-state index >= 15 is 0 Å². The average Bonchev–Trinajstić information content (AvgIpc) is 3.34. The number of ether oxygens (including phenoxy) is 1. The topological polar surface area (TPSA) is 77.2 Å². The van der Waals surface area contributed by atoms with Gasteiger partial charge >= 0.3 is 0 Å². The lowest BCUT2D eigenvalue weighted by atomic mass is 10.1. The van der Waals surface area contributed by atoms with Gasteiger partial charge in [0.25, 0.3) is 0 Å². The molecule has 1 fully saturated rings. The number of anilines is 1. The third kappa shape index (κ3) is 4.12. The quantitative estimate of drug-likeness (QED) is 0.592. The maximum Gasteiger partial charge on any atom is 0.240 e. The van der Waals surface area contributed by atoms with Crippen molar-refractivity contribution in [2.45, 2.75) is 23.4 Å². The van der Waals surface area contributed by atoms with Gasteiger partial charge in [0.15, 0.2) is 4.34 Å². The van der Waals surface area contributed by atoms with Gasteiger partial charge in [0.1, 0.15) is 5.82 Å². The molecular formula is C17H18FN5O2S2. The first kappa shape index (κ1) is 18.3. The Kier molecular flexibility index (Phi) is 5.37. The minimum absolute atomic E-state index is 0.0907. The molecule has 1 unspecified atom stereocenters. The van der Waals surface area contributed by atoms with Gasteiger partial charge in [0.2, 0.25) is 16.8 Å². The van der Waals surface area contributed by atoms with Crippen LogP contribution in [-0.4, -0.2) is 46.6 Å². The predicted octanol–water partition coefficient (Wildman–Crippen LogP) is 3.73. The molecule has 7 nitrogen and oxygen atoms in total. The van der Waals surface area contributed by atoms with Gasteiger partial charge in [-0.2, -0.15) is 4.98 Å². The number of morpholine rings is 1. The van der Waals surface area contributed by atoms with E-state index in [-0.39, 0.29) is 11.1 Å². The fraction of sp³-hybridized carbons (Fsp3) is 0.412. The number of hydrogen-bond donors (Lipinski definition) is 0. The molecule has 2 aromatic heterocycles. The van der Waals surface area contributed by atoms with Crippen LogP contribution in [0.15, 0.2) is 27.1 Å². The van der Waals surface area contributed by atoms with Crippen LogP contribution in [0.3, 0.4) is 0 Å². The maximum atomic E-state index is 13.8. The summed E-state index contributed by atoms with van der Waals surface area (Å²) in [7, 11) is 0. The zero-order valence-corrected chi connectivity index (χ0v) is 16.5. The molecule has 1 atom stereocenters. The van der Waals surface area contributed by atoms with Gasteiger partial charge in [0, 0.05) is 18.7 Å². The number of thioether (sulfide) groups is 1. The molecule has 0 saturated carbocycles. The summed E-state index contributed by atoms with van der Waals surface area (Å²) in [6, 6.07) is 4.90. The van der Waals surface area contributed by atoms with E-state index in [1.165, 1.54) is 17.8 Å². The van der Waals surface area contributed by atoms with E-state index in [1.54, 1.807) is 30.4 Å². The molecule has 0 aliphatic carbocycles. The van der Waals surface area contributed by atoms with E-state index < -0.39 is 0 Å². The summed E-state index contributed by atoms with van der Waals surface area (Å²) in [4.78, 5) is 6.58. The molecule has 1 aliphatic heterocycles. The maximum absolute atomic E-state index is 13.8. The summed E-state index contributed by atoms with van der Waals surface area (Å²) in [6.07, 6.45) is 0. The minimum Gasteiger partial charge on any atom is -0.378 e. The Hall–Kier alpha value is -2.04. The second-order valence-corrected chi connectivity index (χ2v) is 8.67. The van der Waals surface area contributed by atoms with E-state index in [1.807, 2.05) is 6.92 Å². The van der Waals surface area contributed by atoms with Gasteiger partial charge in [-0.3, -0.25) is 0 Å². The van der Waals surface area contributed by atoms with Crippen molar-refractivity contribution in [2.24, 2.45) is 0 Å². The number of aryl methyl sites for hydroxylation is 1. The van der Waals surface area contributed by atoms with E-state index in [2.05, 4.69) is 25.2 Å². The summed E-state index contributed by atoms with van der Waals surface area (Å²) in [6.45, 7) is 6.76. The van der Waals surface area contributed by atoms with Crippen LogP contribution in [-0.2, 0) is 4.74 Å². The van der Waals surface area contributed by atoms with Crippen molar-refractivity contribution >= 4 is 28.2 Å². The first-order valence-electron chi connectivity index (χ1n) is 8.53. The highest BCUT2D eigenvalue weighted by Crippen LogP contribution is 2.38. The van der Waals surface area contributed by atoms with Crippen molar-refractivity contribution in [3.63, 3.8) is 0 Å². The molecule has 0 spiro atoms. The van der Waals surface area contributed by atoms with Crippen LogP contribution in [0.1, 0.15) is 23.6 Å². The highest BCUT2D eigenvalue weighted by Gasteiger charge is 2.21. The zero-order valence-electron chi connectivity index (χ0n) is 14.9. The summed E-state index contributed by atoms with van der Waals surface area (Å²) in [5.74, 6) is 0.563. The fourth-order valence-corrected chi connectivity index (χ4v) is 4.65. The number of benzene rings is 1. The van der Waals surface area contributed by atoms with Crippen LogP contribution in [0.5, 0.6) is 0 Å². The molecule has 3 heterocycles.